The fraction of sp³-hybridized carbons (Fsp3) is 0.150. The molecule has 26 heavy (non-hydrogen) atoms. The first kappa shape index (κ1) is 16.3. The molecule has 3 heterocycles. The van der Waals surface area contributed by atoms with Crippen LogP contribution in [-0.2, 0) is 11.3 Å². The fourth-order valence-corrected chi connectivity index (χ4v) is 3.81. The van der Waals surface area contributed by atoms with E-state index in [0.717, 1.165) is 32.4 Å². The van der Waals surface area contributed by atoms with Crippen LogP contribution in [0.2, 0.25) is 0 Å². The molecule has 0 amide bonds. The molecule has 0 spiro atoms. The number of nitrogens with zero attached hydrogens (tertiary/aromatic N) is 3. The van der Waals surface area contributed by atoms with Crippen molar-refractivity contribution in [3.8, 4) is 23.9 Å². The minimum Gasteiger partial charge on any atom is -0.405 e. The highest BCUT2D eigenvalue weighted by Gasteiger charge is 2.25. The van der Waals surface area contributed by atoms with Crippen molar-refractivity contribution in [1.82, 2.24) is 9.55 Å². The molecule has 1 aliphatic rings. The summed E-state index contributed by atoms with van der Waals surface area (Å²) in [6.07, 6.45) is 7.56. The molecule has 0 bridgehead atoms. The van der Waals surface area contributed by atoms with Crippen LogP contribution in [0.1, 0.15) is 34.4 Å². The molecule has 1 aliphatic heterocycles. The lowest BCUT2D eigenvalue weighted by Gasteiger charge is -2.06. The predicted molar refractivity (Wildman–Crippen MR) is 101 cm³/mol. The van der Waals surface area contributed by atoms with Gasteiger partial charge in [-0.3, -0.25) is 14.4 Å². The van der Waals surface area contributed by atoms with Crippen molar-refractivity contribution in [1.29, 1.82) is 0 Å². The summed E-state index contributed by atoms with van der Waals surface area (Å²) in [5.41, 5.74) is 3.54. The second-order valence-electron chi connectivity index (χ2n) is 5.69. The molecule has 0 N–H and O–H groups in total. The Kier molecular flexibility index (Phi) is 4.15. The van der Waals surface area contributed by atoms with Crippen LogP contribution in [-0.4, -0.2) is 21.2 Å². The van der Waals surface area contributed by atoms with Crippen molar-refractivity contribution in [3.63, 3.8) is 0 Å². The van der Waals surface area contributed by atoms with Gasteiger partial charge in [0.1, 0.15) is 12.0 Å². The summed E-state index contributed by atoms with van der Waals surface area (Å²) in [6.45, 7) is 2.11. The Hall–Kier alpha value is -3.17. The predicted octanol–water partition coefficient (Wildman–Crippen LogP) is 3.58. The molecule has 0 saturated heterocycles. The average Bonchev–Trinajstić information content (AvgIpc) is 3.23. The van der Waals surface area contributed by atoms with Crippen LogP contribution in [0.25, 0.3) is 5.69 Å². The monoisotopic (exact) mass is 361 g/mol. The second kappa shape index (κ2) is 6.62. The molecular weight excluding hydrogens is 346 g/mol. The van der Waals surface area contributed by atoms with Gasteiger partial charge in [-0.15, -0.1) is 17.8 Å². The first-order chi connectivity index (χ1) is 12.7. The number of fused-ring (bicyclic) bond motifs is 3. The molecule has 0 aliphatic carbocycles. The van der Waals surface area contributed by atoms with E-state index in [9.17, 15) is 4.79 Å². The molecule has 0 fully saturated rings. The number of hydrogen-bond acceptors (Lipinski definition) is 5. The van der Waals surface area contributed by atoms with Gasteiger partial charge in [0.05, 0.1) is 27.7 Å². The van der Waals surface area contributed by atoms with Crippen LogP contribution in [0.4, 0.5) is 0 Å². The SMILES string of the molecule is C#Cc1cc2c(s1)C(c1ccccc1)=NCc1c(OC(=O)CC)ncn1-2. The Balaban J connectivity index is 1.88. The van der Waals surface area contributed by atoms with E-state index in [0.29, 0.717) is 12.4 Å². The summed E-state index contributed by atoms with van der Waals surface area (Å²) in [7, 11) is 0. The van der Waals surface area contributed by atoms with Gasteiger partial charge in [0, 0.05) is 12.0 Å². The van der Waals surface area contributed by atoms with Gasteiger partial charge >= 0.3 is 5.97 Å². The highest BCUT2D eigenvalue weighted by Crippen LogP contribution is 2.34. The molecule has 4 rings (SSSR count). The van der Waals surface area contributed by atoms with Crippen molar-refractivity contribution >= 4 is 23.0 Å². The van der Waals surface area contributed by atoms with Crippen LogP contribution in [0.5, 0.6) is 5.88 Å². The Morgan fingerprint density at radius 2 is 2.19 bits per heavy atom. The quantitative estimate of drug-likeness (QED) is 0.529. The van der Waals surface area contributed by atoms with E-state index >= 15 is 0 Å². The topological polar surface area (TPSA) is 56.5 Å². The Bertz CT molecular complexity index is 1050. The van der Waals surface area contributed by atoms with Crippen LogP contribution in [0.15, 0.2) is 47.7 Å². The number of hydrogen-bond donors (Lipinski definition) is 0. The van der Waals surface area contributed by atoms with Crippen LogP contribution in [0.3, 0.4) is 0 Å². The summed E-state index contributed by atoms with van der Waals surface area (Å²) in [4.78, 5) is 22.6. The highest BCUT2D eigenvalue weighted by atomic mass is 32.1. The number of thiophene rings is 1. The molecule has 3 aromatic rings. The molecule has 0 unspecified atom stereocenters. The maximum absolute atomic E-state index is 11.7. The van der Waals surface area contributed by atoms with Crippen LogP contribution < -0.4 is 4.74 Å². The summed E-state index contributed by atoms with van der Waals surface area (Å²) < 4.78 is 7.28. The van der Waals surface area contributed by atoms with Crippen LogP contribution in [0, 0.1) is 12.3 Å². The largest absolute Gasteiger partial charge is 0.405 e. The number of aliphatic imine (C=N–C) groups is 1. The Morgan fingerprint density at radius 3 is 2.92 bits per heavy atom. The van der Waals surface area contributed by atoms with E-state index in [1.54, 1.807) is 13.3 Å². The minimum absolute atomic E-state index is 0.287. The van der Waals surface area contributed by atoms with E-state index in [4.69, 9.17) is 16.2 Å². The van der Waals surface area contributed by atoms with Crippen molar-refractivity contribution in [2.24, 2.45) is 4.99 Å². The third-order valence-electron chi connectivity index (χ3n) is 4.09. The summed E-state index contributed by atoms with van der Waals surface area (Å²) in [5.74, 6) is 2.68. The molecule has 5 nitrogen and oxygen atoms in total. The normalized spacial score (nSPS) is 12.4. The Labute approximate surface area is 155 Å². The zero-order valence-electron chi connectivity index (χ0n) is 14.1. The fourth-order valence-electron chi connectivity index (χ4n) is 2.82. The van der Waals surface area contributed by atoms with Crippen molar-refractivity contribution in [2.45, 2.75) is 19.9 Å². The first-order valence-corrected chi connectivity index (χ1v) is 9.01. The number of benzene rings is 1. The van der Waals surface area contributed by atoms with Gasteiger partial charge in [0.25, 0.3) is 0 Å². The van der Waals surface area contributed by atoms with Gasteiger partial charge in [-0.25, -0.2) is 4.98 Å². The van der Waals surface area contributed by atoms with Crippen molar-refractivity contribution in [2.75, 3.05) is 0 Å². The maximum Gasteiger partial charge on any atom is 0.312 e. The summed E-state index contributed by atoms with van der Waals surface area (Å²) in [6, 6.07) is 11.9. The zero-order valence-corrected chi connectivity index (χ0v) is 14.9. The average molecular weight is 361 g/mol. The van der Waals surface area contributed by atoms with Gasteiger partial charge in [-0.2, -0.15) is 0 Å². The van der Waals surface area contributed by atoms with E-state index in [1.807, 2.05) is 41.0 Å². The maximum atomic E-state index is 11.7. The molecule has 1 aromatic carbocycles. The third-order valence-corrected chi connectivity index (χ3v) is 5.15. The molecule has 0 saturated carbocycles. The van der Waals surface area contributed by atoms with E-state index in [-0.39, 0.29) is 12.4 Å². The molecule has 2 aromatic heterocycles. The van der Waals surface area contributed by atoms with E-state index < -0.39 is 0 Å². The number of esters is 1. The number of aromatic nitrogens is 2. The molecule has 0 atom stereocenters. The smallest absolute Gasteiger partial charge is 0.312 e. The highest BCUT2D eigenvalue weighted by molar-refractivity contribution is 7.15. The van der Waals surface area contributed by atoms with Gasteiger partial charge in [0.2, 0.25) is 5.88 Å². The standard InChI is InChI=1S/C20H15N3O2S/c1-3-14-10-15-19(26-14)18(13-8-6-5-7-9-13)21-11-16-20(22-12-23(15)16)25-17(24)4-2/h1,5-10,12H,4,11H2,2H3. The number of terminal acetylenes is 1. The van der Waals surface area contributed by atoms with Gasteiger partial charge in [-0.1, -0.05) is 43.2 Å². The second-order valence-corrected chi connectivity index (χ2v) is 6.75. The van der Waals surface area contributed by atoms with Gasteiger partial charge in [-0.05, 0) is 6.07 Å². The lowest BCUT2D eigenvalue weighted by molar-refractivity contribution is -0.134. The summed E-state index contributed by atoms with van der Waals surface area (Å²) in [5, 5.41) is 0. The lowest BCUT2D eigenvalue weighted by atomic mass is 10.1. The molecular formula is C20H15N3O2S. The third kappa shape index (κ3) is 2.72. The zero-order chi connectivity index (χ0) is 18.1. The molecule has 6 heteroatoms. The number of ether oxygens (including phenoxy) is 1. The minimum atomic E-state index is -0.321. The number of rotatable bonds is 3. The number of carbonyl (C=O) groups is 1. The number of imidazole rings is 1. The van der Waals surface area contributed by atoms with E-state index in [2.05, 4.69) is 10.9 Å². The van der Waals surface area contributed by atoms with Crippen LogP contribution >= 0.6 is 11.3 Å². The first-order valence-electron chi connectivity index (χ1n) is 8.19. The van der Waals surface area contributed by atoms with Gasteiger partial charge in [0.15, 0.2) is 0 Å². The Morgan fingerprint density at radius 1 is 1.38 bits per heavy atom. The van der Waals surface area contributed by atoms with Gasteiger partial charge < -0.3 is 4.74 Å². The molecule has 128 valence electrons. The lowest BCUT2D eigenvalue weighted by Crippen LogP contribution is -2.08. The van der Waals surface area contributed by atoms with E-state index in [1.165, 1.54) is 11.3 Å². The summed E-state index contributed by atoms with van der Waals surface area (Å²) >= 11 is 1.52. The number of carbonyl (C=O) groups excluding carboxylic acids is 1. The van der Waals surface area contributed by atoms with Crippen molar-refractivity contribution < 1.29 is 9.53 Å². The molecule has 0 radical (unpaired) electrons. The van der Waals surface area contributed by atoms with Crippen molar-refractivity contribution in [3.05, 3.63) is 63.7 Å².